The summed E-state index contributed by atoms with van der Waals surface area (Å²) in [5, 5.41) is 0. The molecule has 1 aliphatic carbocycles. The molecule has 0 aromatic heterocycles. The zero-order chi connectivity index (χ0) is 19.1. The van der Waals surface area contributed by atoms with Gasteiger partial charge in [-0.1, -0.05) is 6.07 Å². The van der Waals surface area contributed by atoms with Crippen LogP contribution in [-0.4, -0.2) is 49.2 Å². The summed E-state index contributed by atoms with van der Waals surface area (Å²) in [5.41, 5.74) is -1.86. The molecule has 26 heavy (non-hydrogen) atoms. The third-order valence-corrected chi connectivity index (χ3v) is 5.51. The quantitative estimate of drug-likeness (QED) is 0.747. The van der Waals surface area contributed by atoms with Crippen molar-refractivity contribution in [2.45, 2.75) is 43.4 Å². The summed E-state index contributed by atoms with van der Waals surface area (Å²) >= 11 is 0. The number of amides is 1. The van der Waals surface area contributed by atoms with Gasteiger partial charge in [-0.3, -0.25) is 4.90 Å². The lowest BCUT2D eigenvalue weighted by molar-refractivity contribution is -0.140. The van der Waals surface area contributed by atoms with Crippen LogP contribution in [0.3, 0.4) is 0 Å². The SMILES string of the molecule is COC(=O)N(C[C@@H]1CCCN1C)C1(c2ccc(F)c(C(F)(F)F)c2)CC1. The molecule has 0 spiro atoms. The molecule has 1 aromatic rings. The fourth-order valence-electron chi connectivity index (χ4n) is 3.82. The Labute approximate surface area is 149 Å². The van der Waals surface area contributed by atoms with Gasteiger partial charge in [-0.05, 0) is 57.0 Å². The number of hydrogen-bond donors (Lipinski definition) is 0. The molecule has 0 radical (unpaired) electrons. The standard InChI is InChI=1S/C18H22F4N2O2/c1-23-9-3-4-13(23)11-24(16(25)26-2)17(7-8-17)12-5-6-15(19)14(10-12)18(20,21)22/h5-6,10,13H,3-4,7-9,11H2,1-2H3/t13-/m0/s1. The van der Waals surface area contributed by atoms with E-state index in [4.69, 9.17) is 4.74 Å². The molecule has 0 N–H and O–H groups in total. The number of likely N-dealkylation sites (tertiary alicyclic amines) is 1. The number of ether oxygens (including phenoxy) is 1. The first-order valence-electron chi connectivity index (χ1n) is 8.62. The molecule has 1 atom stereocenters. The van der Waals surface area contributed by atoms with E-state index in [1.807, 2.05) is 7.05 Å². The van der Waals surface area contributed by atoms with E-state index >= 15 is 0 Å². The summed E-state index contributed by atoms with van der Waals surface area (Å²) in [4.78, 5) is 16.1. The largest absolute Gasteiger partial charge is 0.453 e. The minimum atomic E-state index is -4.78. The van der Waals surface area contributed by atoms with Crippen LogP contribution in [-0.2, 0) is 16.5 Å². The first kappa shape index (κ1) is 18.9. The van der Waals surface area contributed by atoms with Crippen molar-refractivity contribution in [3.05, 3.63) is 35.1 Å². The second kappa shape index (κ2) is 6.72. The van der Waals surface area contributed by atoms with Crippen molar-refractivity contribution in [1.29, 1.82) is 0 Å². The number of hydrogen-bond acceptors (Lipinski definition) is 3. The zero-order valence-electron chi connectivity index (χ0n) is 14.8. The molecule has 1 aromatic carbocycles. The van der Waals surface area contributed by atoms with Gasteiger partial charge >= 0.3 is 12.3 Å². The Morgan fingerprint density at radius 1 is 1.38 bits per heavy atom. The predicted molar refractivity (Wildman–Crippen MR) is 87.1 cm³/mol. The van der Waals surface area contributed by atoms with Crippen LogP contribution in [0.5, 0.6) is 0 Å². The van der Waals surface area contributed by atoms with E-state index in [2.05, 4.69) is 4.90 Å². The molecule has 1 amide bonds. The summed E-state index contributed by atoms with van der Waals surface area (Å²) in [6, 6.07) is 3.13. The van der Waals surface area contributed by atoms with Crippen LogP contribution in [0, 0.1) is 5.82 Å². The minimum absolute atomic E-state index is 0.133. The third-order valence-electron chi connectivity index (χ3n) is 5.51. The third kappa shape index (κ3) is 3.39. The molecule has 144 valence electrons. The highest BCUT2D eigenvalue weighted by Gasteiger charge is 2.53. The summed E-state index contributed by atoms with van der Waals surface area (Å²) in [6.07, 6.45) is -2.36. The second-order valence-electron chi connectivity index (χ2n) is 7.08. The van der Waals surface area contributed by atoms with E-state index in [1.165, 1.54) is 18.1 Å². The van der Waals surface area contributed by atoms with Gasteiger partial charge in [0, 0.05) is 12.6 Å². The van der Waals surface area contributed by atoms with Crippen LogP contribution in [0.2, 0.25) is 0 Å². The Morgan fingerprint density at radius 3 is 2.58 bits per heavy atom. The van der Waals surface area contributed by atoms with Gasteiger partial charge in [0.1, 0.15) is 5.82 Å². The Kier molecular flexibility index (Phi) is 4.90. The number of alkyl halides is 3. The molecule has 1 saturated heterocycles. The van der Waals surface area contributed by atoms with Crippen LogP contribution in [0.4, 0.5) is 22.4 Å². The lowest BCUT2D eigenvalue weighted by atomic mass is 9.99. The van der Waals surface area contributed by atoms with Crippen molar-refractivity contribution in [1.82, 2.24) is 9.80 Å². The summed E-state index contributed by atoms with van der Waals surface area (Å²) < 4.78 is 57.8. The Morgan fingerprint density at radius 2 is 2.08 bits per heavy atom. The fourth-order valence-corrected chi connectivity index (χ4v) is 3.82. The molecule has 1 aliphatic heterocycles. The number of halogens is 4. The Balaban J connectivity index is 1.95. The maximum atomic E-state index is 13.6. The van der Waals surface area contributed by atoms with Gasteiger partial charge in [-0.15, -0.1) is 0 Å². The van der Waals surface area contributed by atoms with Crippen LogP contribution >= 0.6 is 0 Å². The van der Waals surface area contributed by atoms with Crippen molar-refractivity contribution < 1.29 is 27.1 Å². The Hall–Kier alpha value is -1.83. The molecule has 0 bridgehead atoms. The smallest absolute Gasteiger partial charge is 0.419 e. The van der Waals surface area contributed by atoms with E-state index in [0.29, 0.717) is 24.9 Å². The van der Waals surface area contributed by atoms with E-state index in [-0.39, 0.29) is 6.04 Å². The number of carbonyl (C=O) groups excluding carboxylic acids is 1. The lowest BCUT2D eigenvalue weighted by Gasteiger charge is -2.35. The van der Waals surface area contributed by atoms with Gasteiger partial charge in [-0.25, -0.2) is 9.18 Å². The molecular weight excluding hydrogens is 352 g/mol. The Bertz CT molecular complexity index is 688. The van der Waals surface area contributed by atoms with Crippen LogP contribution in [0.1, 0.15) is 36.8 Å². The van der Waals surface area contributed by atoms with Crippen molar-refractivity contribution in [2.24, 2.45) is 0 Å². The minimum Gasteiger partial charge on any atom is -0.453 e. The van der Waals surface area contributed by atoms with Crippen LogP contribution in [0.15, 0.2) is 18.2 Å². The molecular formula is C18H22F4N2O2. The van der Waals surface area contributed by atoms with E-state index in [1.54, 1.807) is 0 Å². The van der Waals surface area contributed by atoms with Crippen molar-refractivity contribution in [3.63, 3.8) is 0 Å². The van der Waals surface area contributed by atoms with E-state index < -0.39 is 29.2 Å². The highest BCUT2D eigenvalue weighted by molar-refractivity contribution is 5.70. The molecule has 1 saturated carbocycles. The highest BCUT2D eigenvalue weighted by Crippen LogP contribution is 2.52. The number of carbonyl (C=O) groups is 1. The van der Waals surface area contributed by atoms with Crippen LogP contribution in [0.25, 0.3) is 0 Å². The maximum Gasteiger partial charge on any atom is 0.419 e. The molecule has 2 fully saturated rings. The first-order valence-corrected chi connectivity index (χ1v) is 8.62. The van der Waals surface area contributed by atoms with Crippen molar-refractivity contribution in [3.8, 4) is 0 Å². The van der Waals surface area contributed by atoms with Crippen molar-refractivity contribution in [2.75, 3.05) is 27.2 Å². The molecule has 8 heteroatoms. The van der Waals surface area contributed by atoms with Gasteiger partial charge in [0.15, 0.2) is 0 Å². The average Bonchev–Trinajstić information content (AvgIpc) is 3.28. The number of rotatable bonds is 4. The fraction of sp³-hybridized carbons (Fsp3) is 0.611. The summed E-state index contributed by atoms with van der Waals surface area (Å²) in [7, 11) is 3.22. The van der Waals surface area contributed by atoms with Gasteiger partial charge in [-0.2, -0.15) is 13.2 Å². The van der Waals surface area contributed by atoms with E-state index in [9.17, 15) is 22.4 Å². The topological polar surface area (TPSA) is 32.8 Å². The van der Waals surface area contributed by atoms with Gasteiger partial charge in [0.25, 0.3) is 0 Å². The average molecular weight is 374 g/mol. The summed E-state index contributed by atoms with van der Waals surface area (Å²) in [5.74, 6) is -1.31. The number of methoxy groups -OCH3 is 1. The predicted octanol–water partition coefficient (Wildman–Crippen LogP) is 4.00. The number of likely N-dealkylation sites (N-methyl/N-ethyl adjacent to an activating group) is 1. The molecule has 3 rings (SSSR count). The molecule has 0 unspecified atom stereocenters. The van der Waals surface area contributed by atoms with Gasteiger partial charge in [0.2, 0.25) is 0 Å². The van der Waals surface area contributed by atoms with E-state index in [0.717, 1.165) is 31.5 Å². The number of nitrogens with zero attached hydrogens (tertiary/aromatic N) is 2. The number of benzene rings is 1. The zero-order valence-corrected chi connectivity index (χ0v) is 14.8. The lowest BCUT2D eigenvalue weighted by Crippen LogP contribution is -2.47. The molecule has 2 aliphatic rings. The maximum absolute atomic E-state index is 13.6. The monoisotopic (exact) mass is 374 g/mol. The van der Waals surface area contributed by atoms with Crippen LogP contribution < -0.4 is 0 Å². The normalized spacial score (nSPS) is 22.3. The second-order valence-corrected chi connectivity index (χ2v) is 7.08. The summed E-state index contributed by atoms with van der Waals surface area (Å²) in [6.45, 7) is 1.29. The highest BCUT2D eigenvalue weighted by atomic mass is 19.4. The first-order chi connectivity index (χ1) is 12.2. The van der Waals surface area contributed by atoms with Gasteiger partial charge in [0.05, 0.1) is 18.2 Å². The van der Waals surface area contributed by atoms with Crippen molar-refractivity contribution >= 4 is 6.09 Å². The molecule has 1 heterocycles. The molecule has 4 nitrogen and oxygen atoms in total. The van der Waals surface area contributed by atoms with Gasteiger partial charge < -0.3 is 9.64 Å².